The van der Waals surface area contributed by atoms with Gasteiger partial charge in [-0.15, -0.1) is 0 Å². The summed E-state index contributed by atoms with van der Waals surface area (Å²) in [5.41, 5.74) is 0. The van der Waals surface area contributed by atoms with E-state index in [9.17, 15) is 4.79 Å². The summed E-state index contributed by atoms with van der Waals surface area (Å²) < 4.78 is 4.79. The van der Waals surface area contributed by atoms with Gasteiger partial charge in [0.1, 0.15) is 0 Å². The summed E-state index contributed by atoms with van der Waals surface area (Å²) in [6.45, 7) is 6.30. The Bertz CT molecular complexity index is 208. The lowest BCUT2D eigenvalue weighted by Crippen LogP contribution is -2.41. The molecule has 1 aliphatic rings. The van der Waals surface area contributed by atoms with E-state index in [1.165, 1.54) is 6.08 Å². The van der Waals surface area contributed by atoms with E-state index in [4.69, 9.17) is 4.74 Å². The monoisotopic (exact) mass is 198 g/mol. The van der Waals surface area contributed by atoms with Crippen LogP contribution >= 0.6 is 0 Å². The molecule has 0 spiro atoms. The molecule has 0 N–H and O–H groups in total. The minimum atomic E-state index is -0.258. The van der Waals surface area contributed by atoms with Crippen LogP contribution < -0.4 is 0 Å². The number of nitrogens with zero attached hydrogens (tertiary/aromatic N) is 2. The van der Waals surface area contributed by atoms with Gasteiger partial charge < -0.3 is 14.5 Å². The summed E-state index contributed by atoms with van der Waals surface area (Å²) in [5.74, 6) is -0.258. The van der Waals surface area contributed by atoms with Gasteiger partial charge in [-0.2, -0.15) is 0 Å². The zero-order chi connectivity index (χ0) is 10.4. The van der Waals surface area contributed by atoms with Gasteiger partial charge in [0.2, 0.25) is 0 Å². The van der Waals surface area contributed by atoms with E-state index in [1.807, 2.05) is 13.1 Å². The first kappa shape index (κ1) is 11.0. The molecule has 0 aromatic heterocycles. The van der Waals surface area contributed by atoms with Crippen LogP contribution in [0.2, 0.25) is 0 Å². The van der Waals surface area contributed by atoms with Gasteiger partial charge >= 0.3 is 5.97 Å². The Hall–Kier alpha value is -1.03. The van der Waals surface area contributed by atoms with Crippen molar-refractivity contribution in [3.8, 4) is 0 Å². The van der Waals surface area contributed by atoms with E-state index in [0.29, 0.717) is 6.61 Å². The Morgan fingerprint density at radius 3 is 2.57 bits per heavy atom. The molecule has 1 rings (SSSR count). The molecule has 1 heterocycles. The van der Waals surface area contributed by atoms with Gasteiger partial charge in [0, 0.05) is 38.5 Å². The number of hydrogen-bond acceptors (Lipinski definition) is 4. The number of esters is 1. The number of piperazine rings is 1. The number of hydrogen-bond donors (Lipinski definition) is 0. The molecule has 0 aliphatic carbocycles. The molecule has 4 nitrogen and oxygen atoms in total. The molecule has 0 atom stereocenters. The average Bonchev–Trinajstić information content (AvgIpc) is 2.17. The van der Waals surface area contributed by atoms with Crippen LogP contribution in [-0.4, -0.2) is 55.6 Å². The first-order valence-corrected chi connectivity index (χ1v) is 5.00. The molecule has 0 saturated carbocycles. The van der Waals surface area contributed by atoms with Crippen LogP contribution in [0.3, 0.4) is 0 Å². The molecular formula is C10H18N2O2. The van der Waals surface area contributed by atoms with E-state index in [1.54, 1.807) is 0 Å². The summed E-state index contributed by atoms with van der Waals surface area (Å²) in [7, 11) is 2.10. The summed E-state index contributed by atoms with van der Waals surface area (Å²) in [4.78, 5) is 15.4. The van der Waals surface area contributed by atoms with Gasteiger partial charge in [-0.25, -0.2) is 4.79 Å². The molecule has 0 unspecified atom stereocenters. The van der Waals surface area contributed by atoms with Crippen molar-refractivity contribution < 1.29 is 9.53 Å². The van der Waals surface area contributed by atoms with Gasteiger partial charge in [-0.1, -0.05) is 0 Å². The molecule has 4 heteroatoms. The maximum Gasteiger partial charge on any atom is 0.332 e. The molecule has 1 saturated heterocycles. The highest BCUT2D eigenvalue weighted by molar-refractivity contribution is 5.81. The zero-order valence-electron chi connectivity index (χ0n) is 8.90. The third-order valence-corrected chi connectivity index (χ3v) is 2.25. The first-order chi connectivity index (χ1) is 6.72. The average molecular weight is 198 g/mol. The highest BCUT2D eigenvalue weighted by Gasteiger charge is 2.10. The standard InChI is InChI=1S/C10H18N2O2/c1-3-14-10(13)4-5-12-8-6-11(2)7-9-12/h4-5H,3,6-9H2,1-2H3/b5-4+. The topological polar surface area (TPSA) is 32.8 Å². The molecular weight excluding hydrogens is 180 g/mol. The summed E-state index contributed by atoms with van der Waals surface area (Å²) in [6, 6.07) is 0. The minimum absolute atomic E-state index is 0.258. The predicted octanol–water partition coefficient (Wildman–Crippen LogP) is 0.311. The third-order valence-electron chi connectivity index (χ3n) is 2.25. The van der Waals surface area contributed by atoms with E-state index in [0.717, 1.165) is 26.2 Å². The number of ether oxygens (including phenoxy) is 1. The van der Waals surface area contributed by atoms with Crippen molar-refractivity contribution in [2.45, 2.75) is 6.92 Å². The van der Waals surface area contributed by atoms with Crippen molar-refractivity contribution in [3.63, 3.8) is 0 Å². The zero-order valence-corrected chi connectivity index (χ0v) is 8.90. The number of carbonyl (C=O) groups excluding carboxylic acids is 1. The Morgan fingerprint density at radius 1 is 1.36 bits per heavy atom. The Morgan fingerprint density at radius 2 is 2.00 bits per heavy atom. The highest BCUT2D eigenvalue weighted by Crippen LogP contribution is 1.99. The second-order valence-corrected chi connectivity index (χ2v) is 3.41. The summed E-state index contributed by atoms with van der Waals surface area (Å²) >= 11 is 0. The van der Waals surface area contributed by atoms with Gasteiger partial charge in [0.05, 0.1) is 6.61 Å². The van der Waals surface area contributed by atoms with Gasteiger partial charge in [0.15, 0.2) is 0 Å². The maximum atomic E-state index is 11.0. The SMILES string of the molecule is CCOC(=O)/C=C/N1CCN(C)CC1. The molecule has 0 aromatic rings. The van der Waals surface area contributed by atoms with Crippen molar-refractivity contribution in [2.24, 2.45) is 0 Å². The van der Waals surface area contributed by atoms with Crippen LogP contribution in [0.25, 0.3) is 0 Å². The van der Waals surface area contributed by atoms with Crippen LogP contribution in [0.1, 0.15) is 6.92 Å². The summed E-state index contributed by atoms with van der Waals surface area (Å²) in [5, 5.41) is 0. The fraction of sp³-hybridized carbons (Fsp3) is 0.700. The molecule has 80 valence electrons. The quantitative estimate of drug-likeness (QED) is 0.482. The Kier molecular flexibility index (Phi) is 4.46. The van der Waals surface area contributed by atoms with E-state index < -0.39 is 0 Å². The van der Waals surface area contributed by atoms with E-state index in [-0.39, 0.29) is 5.97 Å². The second-order valence-electron chi connectivity index (χ2n) is 3.41. The normalized spacial score (nSPS) is 18.9. The number of likely N-dealkylation sites (N-methyl/N-ethyl adjacent to an activating group) is 1. The van der Waals surface area contributed by atoms with Crippen molar-refractivity contribution in [3.05, 3.63) is 12.3 Å². The number of carbonyl (C=O) groups is 1. The van der Waals surface area contributed by atoms with Crippen molar-refractivity contribution in [2.75, 3.05) is 39.8 Å². The first-order valence-electron chi connectivity index (χ1n) is 5.00. The van der Waals surface area contributed by atoms with E-state index >= 15 is 0 Å². The molecule has 0 amide bonds. The molecule has 0 radical (unpaired) electrons. The Balaban J connectivity index is 2.26. The molecule has 1 aliphatic heterocycles. The van der Waals surface area contributed by atoms with Crippen LogP contribution in [0.4, 0.5) is 0 Å². The van der Waals surface area contributed by atoms with Crippen LogP contribution in [0, 0.1) is 0 Å². The predicted molar refractivity (Wildman–Crippen MR) is 54.8 cm³/mol. The van der Waals surface area contributed by atoms with Gasteiger partial charge in [-0.3, -0.25) is 0 Å². The van der Waals surface area contributed by atoms with Crippen molar-refractivity contribution in [1.29, 1.82) is 0 Å². The molecule has 0 bridgehead atoms. The van der Waals surface area contributed by atoms with Crippen molar-refractivity contribution >= 4 is 5.97 Å². The lowest BCUT2D eigenvalue weighted by molar-refractivity contribution is -0.137. The lowest BCUT2D eigenvalue weighted by atomic mass is 10.3. The van der Waals surface area contributed by atoms with Gasteiger partial charge in [0.25, 0.3) is 0 Å². The highest BCUT2D eigenvalue weighted by atomic mass is 16.5. The molecule has 0 aromatic carbocycles. The van der Waals surface area contributed by atoms with Crippen LogP contribution in [0.5, 0.6) is 0 Å². The fourth-order valence-corrected chi connectivity index (χ4v) is 1.33. The lowest BCUT2D eigenvalue weighted by Gasteiger charge is -2.31. The van der Waals surface area contributed by atoms with Crippen molar-refractivity contribution in [1.82, 2.24) is 9.80 Å². The van der Waals surface area contributed by atoms with E-state index in [2.05, 4.69) is 16.8 Å². The smallest absolute Gasteiger partial charge is 0.332 e. The fourth-order valence-electron chi connectivity index (χ4n) is 1.33. The van der Waals surface area contributed by atoms with Crippen LogP contribution in [0.15, 0.2) is 12.3 Å². The van der Waals surface area contributed by atoms with Gasteiger partial charge in [-0.05, 0) is 14.0 Å². The largest absolute Gasteiger partial charge is 0.463 e. The Labute approximate surface area is 85.1 Å². The number of rotatable bonds is 3. The third kappa shape index (κ3) is 3.79. The second kappa shape index (κ2) is 5.65. The summed E-state index contributed by atoms with van der Waals surface area (Å²) in [6.07, 6.45) is 3.32. The van der Waals surface area contributed by atoms with Crippen LogP contribution in [-0.2, 0) is 9.53 Å². The minimum Gasteiger partial charge on any atom is -0.463 e. The maximum absolute atomic E-state index is 11.0. The molecule has 1 fully saturated rings. The molecule has 14 heavy (non-hydrogen) atoms.